The third kappa shape index (κ3) is 1.82. The van der Waals surface area contributed by atoms with Gasteiger partial charge >= 0.3 is 0 Å². The smallest absolute Gasteiger partial charge is 0.212 e. The summed E-state index contributed by atoms with van der Waals surface area (Å²) >= 11 is 0. The lowest BCUT2D eigenvalue weighted by Gasteiger charge is -2.52. The van der Waals surface area contributed by atoms with Gasteiger partial charge in [0.25, 0.3) is 0 Å². The molecule has 0 unspecified atom stereocenters. The van der Waals surface area contributed by atoms with Crippen molar-refractivity contribution >= 4 is 10.0 Å². The highest BCUT2D eigenvalue weighted by molar-refractivity contribution is 7.89. The Hall–Kier alpha value is -0.0900. The zero-order valence-corrected chi connectivity index (χ0v) is 10.3. The number of hydrogen-bond donors (Lipinski definition) is 1. The van der Waals surface area contributed by atoms with Gasteiger partial charge in [0.1, 0.15) is 0 Å². The molecule has 0 amide bonds. The van der Waals surface area contributed by atoms with Crippen LogP contribution < -0.4 is 5.14 Å². The van der Waals surface area contributed by atoms with Gasteiger partial charge in [-0.15, -0.1) is 0 Å². The van der Waals surface area contributed by atoms with Crippen molar-refractivity contribution in [3.63, 3.8) is 0 Å². The fourth-order valence-corrected chi connectivity index (χ4v) is 3.71. The van der Waals surface area contributed by atoms with Gasteiger partial charge < -0.3 is 0 Å². The van der Waals surface area contributed by atoms with Crippen LogP contribution in [0.2, 0.25) is 0 Å². The fourth-order valence-electron chi connectivity index (χ4n) is 2.63. The minimum absolute atomic E-state index is 0.192. The van der Waals surface area contributed by atoms with E-state index in [0.717, 1.165) is 12.8 Å². The standard InChI is InChI=1S/C10H21NO2S/c1-7(2)10(8(3)4)5-9(6-10)14(11,12)13/h7-9H,5-6H2,1-4H3,(H2,11,12,13). The van der Waals surface area contributed by atoms with E-state index in [9.17, 15) is 8.42 Å². The molecule has 2 N–H and O–H groups in total. The van der Waals surface area contributed by atoms with E-state index in [4.69, 9.17) is 5.14 Å². The van der Waals surface area contributed by atoms with E-state index in [2.05, 4.69) is 27.7 Å². The van der Waals surface area contributed by atoms with E-state index in [1.54, 1.807) is 0 Å². The van der Waals surface area contributed by atoms with Crippen LogP contribution in [0.1, 0.15) is 40.5 Å². The highest BCUT2D eigenvalue weighted by Gasteiger charge is 2.52. The molecule has 0 radical (unpaired) electrons. The zero-order chi connectivity index (χ0) is 11.1. The first-order valence-corrected chi connectivity index (χ1v) is 6.82. The lowest BCUT2D eigenvalue weighted by atomic mass is 9.56. The van der Waals surface area contributed by atoms with Crippen LogP contribution in [0, 0.1) is 17.3 Å². The van der Waals surface area contributed by atoms with Gasteiger partial charge in [-0.3, -0.25) is 0 Å². The normalized spacial score (nSPS) is 22.8. The Morgan fingerprint density at radius 1 is 1.14 bits per heavy atom. The molecule has 0 aromatic heterocycles. The summed E-state index contributed by atoms with van der Waals surface area (Å²) in [5.41, 5.74) is 0.192. The molecule has 1 rings (SSSR count). The molecule has 0 atom stereocenters. The van der Waals surface area contributed by atoms with Crippen molar-refractivity contribution in [2.45, 2.75) is 45.8 Å². The lowest BCUT2D eigenvalue weighted by molar-refractivity contribution is 0.0173. The maximum absolute atomic E-state index is 11.1. The van der Waals surface area contributed by atoms with Crippen molar-refractivity contribution in [3.8, 4) is 0 Å². The summed E-state index contributed by atoms with van der Waals surface area (Å²) in [7, 11) is -3.30. The quantitative estimate of drug-likeness (QED) is 0.786. The van der Waals surface area contributed by atoms with Crippen LogP contribution in [-0.2, 0) is 10.0 Å². The molecule has 84 valence electrons. The molecule has 0 aromatic carbocycles. The molecule has 0 aliphatic heterocycles. The average molecular weight is 219 g/mol. The molecule has 14 heavy (non-hydrogen) atoms. The van der Waals surface area contributed by atoms with Crippen LogP contribution in [0.3, 0.4) is 0 Å². The topological polar surface area (TPSA) is 60.2 Å². The van der Waals surface area contributed by atoms with Crippen LogP contribution in [0.15, 0.2) is 0 Å². The predicted octanol–water partition coefficient (Wildman–Crippen LogP) is 1.74. The Balaban J connectivity index is 2.75. The molecule has 1 fully saturated rings. The van der Waals surface area contributed by atoms with Gasteiger partial charge in [-0.1, -0.05) is 27.7 Å². The van der Waals surface area contributed by atoms with Gasteiger partial charge in [0.15, 0.2) is 0 Å². The van der Waals surface area contributed by atoms with Crippen molar-refractivity contribution in [2.75, 3.05) is 0 Å². The van der Waals surface area contributed by atoms with E-state index in [0.29, 0.717) is 11.8 Å². The molecule has 0 heterocycles. The fraction of sp³-hybridized carbons (Fsp3) is 1.00. The molecule has 1 aliphatic carbocycles. The van der Waals surface area contributed by atoms with Crippen molar-refractivity contribution < 1.29 is 8.42 Å². The Bertz CT molecular complexity index is 290. The third-order valence-corrected chi connectivity index (χ3v) is 5.24. The number of sulfonamides is 1. The van der Waals surface area contributed by atoms with Crippen LogP contribution >= 0.6 is 0 Å². The molecular weight excluding hydrogens is 198 g/mol. The van der Waals surface area contributed by atoms with Gasteiger partial charge in [-0.2, -0.15) is 0 Å². The molecule has 0 saturated heterocycles. The Labute approximate surface area is 87.1 Å². The first-order valence-electron chi connectivity index (χ1n) is 5.22. The summed E-state index contributed by atoms with van der Waals surface area (Å²) in [6, 6.07) is 0. The monoisotopic (exact) mass is 219 g/mol. The highest BCUT2D eigenvalue weighted by atomic mass is 32.2. The molecule has 0 aromatic rings. The maximum atomic E-state index is 11.1. The predicted molar refractivity (Wildman–Crippen MR) is 58.2 cm³/mol. The maximum Gasteiger partial charge on any atom is 0.212 e. The molecule has 3 nitrogen and oxygen atoms in total. The third-order valence-electron chi connectivity index (χ3n) is 3.98. The van der Waals surface area contributed by atoms with Crippen molar-refractivity contribution in [2.24, 2.45) is 22.4 Å². The summed E-state index contributed by atoms with van der Waals surface area (Å²) < 4.78 is 22.2. The van der Waals surface area contributed by atoms with E-state index < -0.39 is 10.0 Å². The number of rotatable bonds is 3. The number of nitrogens with two attached hydrogens (primary N) is 1. The van der Waals surface area contributed by atoms with Crippen LogP contribution in [0.5, 0.6) is 0 Å². The van der Waals surface area contributed by atoms with Gasteiger partial charge in [0.2, 0.25) is 10.0 Å². The van der Waals surface area contributed by atoms with Crippen molar-refractivity contribution in [3.05, 3.63) is 0 Å². The van der Waals surface area contributed by atoms with E-state index in [1.165, 1.54) is 0 Å². The summed E-state index contributed by atoms with van der Waals surface area (Å²) in [5, 5.41) is 4.84. The second-order valence-corrected chi connectivity index (χ2v) is 7.01. The second kappa shape index (κ2) is 3.49. The minimum atomic E-state index is -3.30. The van der Waals surface area contributed by atoms with Crippen LogP contribution in [0.25, 0.3) is 0 Å². The molecule has 1 saturated carbocycles. The first kappa shape index (κ1) is 12.0. The Kier molecular flexibility index (Phi) is 2.99. The van der Waals surface area contributed by atoms with Crippen LogP contribution in [-0.4, -0.2) is 13.7 Å². The average Bonchev–Trinajstić information content (AvgIpc) is 1.77. The van der Waals surface area contributed by atoms with Crippen LogP contribution in [0.4, 0.5) is 0 Å². The van der Waals surface area contributed by atoms with E-state index in [-0.39, 0.29) is 10.7 Å². The molecule has 1 aliphatic rings. The Morgan fingerprint density at radius 3 is 1.71 bits per heavy atom. The number of hydrogen-bond acceptors (Lipinski definition) is 2. The summed E-state index contributed by atoms with van der Waals surface area (Å²) in [5.74, 6) is 1.06. The van der Waals surface area contributed by atoms with E-state index in [1.807, 2.05) is 0 Å². The van der Waals surface area contributed by atoms with Gasteiger partial charge in [0, 0.05) is 0 Å². The largest absolute Gasteiger partial charge is 0.228 e. The molecule has 0 spiro atoms. The van der Waals surface area contributed by atoms with Gasteiger partial charge in [-0.25, -0.2) is 13.6 Å². The van der Waals surface area contributed by atoms with Crippen molar-refractivity contribution in [1.29, 1.82) is 0 Å². The first-order chi connectivity index (χ1) is 6.20. The summed E-state index contributed by atoms with van der Waals surface area (Å²) in [6.45, 7) is 8.66. The van der Waals surface area contributed by atoms with Gasteiger partial charge in [-0.05, 0) is 30.1 Å². The summed E-state index contributed by atoms with van der Waals surface area (Å²) in [4.78, 5) is 0. The second-order valence-electron chi connectivity index (χ2n) is 5.16. The van der Waals surface area contributed by atoms with Gasteiger partial charge in [0.05, 0.1) is 5.25 Å². The molecular formula is C10H21NO2S. The lowest BCUT2D eigenvalue weighted by Crippen LogP contribution is -2.52. The molecule has 0 bridgehead atoms. The Morgan fingerprint density at radius 2 is 1.50 bits per heavy atom. The van der Waals surface area contributed by atoms with Crippen molar-refractivity contribution in [1.82, 2.24) is 0 Å². The minimum Gasteiger partial charge on any atom is -0.228 e. The zero-order valence-electron chi connectivity index (χ0n) is 9.45. The summed E-state index contributed by atoms with van der Waals surface area (Å²) in [6.07, 6.45) is 1.47. The van der Waals surface area contributed by atoms with E-state index >= 15 is 0 Å². The molecule has 4 heteroatoms. The number of primary sulfonamides is 1. The SMILES string of the molecule is CC(C)C1(C(C)C)CC(S(N)(=O)=O)C1. The highest BCUT2D eigenvalue weighted by Crippen LogP contribution is 2.54.